The molecule has 2 saturated heterocycles. The summed E-state index contributed by atoms with van der Waals surface area (Å²) in [5.74, 6) is 3.14. The molecule has 3 aromatic rings. The summed E-state index contributed by atoms with van der Waals surface area (Å²) in [5.41, 5.74) is 1.12. The SMILES string of the molecule is Cc1nc(N2CCCC2)cc(N2CCN(C(=O)c3cc(-c4cccnc4)on3)CC2)n1. The Labute approximate surface area is 180 Å². The summed E-state index contributed by atoms with van der Waals surface area (Å²) in [6.45, 7) is 6.69. The molecular weight excluding hydrogens is 394 g/mol. The maximum Gasteiger partial charge on any atom is 0.276 e. The van der Waals surface area contributed by atoms with Gasteiger partial charge in [-0.2, -0.15) is 0 Å². The Morgan fingerprint density at radius 2 is 1.68 bits per heavy atom. The van der Waals surface area contributed by atoms with Crippen molar-refractivity contribution in [2.75, 3.05) is 49.1 Å². The molecule has 0 aliphatic carbocycles. The minimum absolute atomic E-state index is 0.116. The van der Waals surface area contributed by atoms with E-state index in [1.807, 2.05) is 24.0 Å². The predicted molar refractivity (Wildman–Crippen MR) is 116 cm³/mol. The van der Waals surface area contributed by atoms with E-state index in [1.54, 1.807) is 18.5 Å². The number of rotatable bonds is 4. The largest absolute Gasteiger partial charge is 0.356 e. The first-order valence-electron chi connectivity index (χ1n) is 10.7. The maximum atomic E-state index is 12.9. The maximum absolute atomic E-state index is 12.9. The highest BCUT2D eigenvalue weighted by atomic mass is 16.5. The van der Waals surface area contributed by atoms with Crippen LogP contribution in [0.3, 0.4) is 0 Å². The molecule has 0 atom stereocenters. The molecule has 1 amide bonds. The Kier molecular flexibility index (Phi) is 5.23. The molecule has 5 heterocycles. The second-order valence-corrected chi connectivity index (χ2v) is 7.92. The molecular formula is C22H25N7O2. The Balaban J connectivity index is 1.25. The average Bonchev–Trinajstić information content (AvgIpc) is 3.52. The fourth-order valence-electron chi connectivity index (χ4n) is 4.13. The van der Waals surface area contributed by atoms with E-state index in [9.17, 15) is 4.79 Å². The van der Waals surface area contributed by atoms with Crippen LogP contribution in [0.15, 0.2) is 41.2 Å². The lowest BCUT2D eigenvalue weighted by Crippen LogP contribution is -2.49. The topological polar surface area (TPSA) is 91.5 Å². The van der Waals surface area contributed by atoms with Gasteiger partial charge in [-0.1, -0.05) is 5.16 Å². The number of anilines is 2. The summed E-state index contributed by atoms with van der Waals surface area (Å²) in [4.78, 5) is 32.6. The van der Waals surface area contributed by atoms with E-state index in [1.165, 1.54) is 12.8 Å². The standard InChI is InChI=1S/C22H25N7O2/c1-16-24-20(27-7-2-3-8-27)14-21(25-16)28-9-11-29(12-10-28)22(30)18-13-19(31-26-18)17-5-4-6-23-15-17/h4-6,13-15H,2-3,7-12H2,1H3. The molecule has 9 heteroatoms. The molecule has 2 aliphatic heterocycles. The van der Waals surface area contributed by atoms with Gasteiger partial charge in [-0.3, -0.25) is 9.78 Å². The van der Waals surface area contributed by atoms with Gasteiger partial charge in [0, 0.05) is 69.4 Å². The summed E-state index contributed by atoms with van der Waals surface area (Å²) in [6, 6.07) is 7.46. The summed E-state index contributed by atoms with van der Waals surface area (Å²) >= 11 is 0. The normalized spacial score (nSPS) is 16.7. The molecule has 2 fully saturated rings. The van der Waals surface area contributed by atoms with Gasteiger partial charge < -0.3 is 19.2 Å². The van der Waals surface area contributed by atoms with Crippen molar-refractivity contribution in [2.45, 2.75) is 19.8 Å². The zero-order chi connectivity index (χ0) is 21.2. The van der Waals surface area contributed by atoms with Gasteiger partial charge in [-0.15, -0.1) is 0 Å². The van der Waals surface area contributed by atoms with E-state index < -0.39 is 0 Å². The molecule has 5 rings (SSSR count). The fourth-order valence-corrected chi connectivity index (χ4v) is 4.13. The predicted octanol–water partition coefficient (Wildman–Crippen LogP) is 2.40. The molecule has 31 heavy (non-hydrogen) atoms. The summed E-state index contributed by atoms with van der Waals surface area (Å²) in [5, 5.41) is 3.98. The fraction of sp³-hybridized carbons (Fsp3) is 0.409. The molecule has 0 aromatic carbocycles. The van der Waals surface area contributed by atoms with Crippen molar-refractivity contribution in [3.8, 4) is 11.3 Å². The van der Waals surface area contributed by atoms with Gasteiger partial charge in [0.05, 0.1) is 0 Å². The smallest absolute Gasteiger partial charge is 0.276 e. The molecule has 160 valence electrons. The van der Waals surface area contributed by atoms with Crippen LogP contribution in [0.5, 0.6) is 0 Å². The zero-order valence-electron chi connectivity index (χ0n) is 17.6. The van der Waals surface area contributed by atoms with E-state index in [-0.39, 0.29) is 5.91 Å². The number of hydrogen-bond acceptors (Lipinski definition) is 8. The lowest BCUT2D eigenvalue weighted by molar-refractivity contribution is 0.0736. The summed E-state index contributed by atoms with van der Waals surface area (Å²) in [6.07, 6.45) is 5.81. The van der Waals surface area contributed by atoms with Gasteiger partial charge in [0.15, 0.2) is 11.5 Å². The van der Waals surface area contributed by atoms with Crippen LogP contribution >= 0.6 is 0 Å². The number of pyridine rings is 1. The number of carbonyl (C=O) groups is 1. The van der Waals surface area contributed by atoms with Crippen LogP contribution in [0.25, 0.3) is 11.3 Å². The van der Waals surface area contributed by atoms with E-state index in [0.29, 0.717) is 24.5 Å². The van der Waals surface area contributed by atoms with Crippen LogP contribution in [-0.2, 0) is 0 Å². The number of hydrogen-bond donors (Lipinski definition) is 0. The number of piperazine rings is 1. The monoisotopic (exact) mass is 419 g/mol. The van der Waals surface area contributed by atoms with E-state index >= 15 is 0 Å². The van der Waals surface area contributed by atoms with Gasteiger partial charge >= 0.3 is 0 Å². The Bertz CT molecular complexity index is 1050. The van der Waals surface area contributed by atoms with Gasteiger partial charge in [-0.25, -0.2) is 9.97 Å². The molecule has 9 nitrogen and oxygen atoms in total. The second-order valence-electron chi connectivity index (χ2n) is 7.92. The molecule has 0 bridgehead atoms. The van der Waals surface area contributed by atoms with E-state index in [0.717, 1.165) is 49.2 Å². The number of aromatic nitrogens is 4. The minimum atomic E-state index is -0.116. The van der Waals surface area contributed by atoms with Crippen LogP contribution < -0.4 is 9.80 Å². The van der Waals surface area contributed by atoms with Gasteiger partial charge in [0.25, 0.3) is 5.91 Å². The van der Waals surface area contributed by atoms with Crippen LogP contribution in [0, 0.1) is 6.92 Å². The van der Waals surface area contributed by atoms with Crippen LogP contribution in [0.2, 0.25) is 0 Å². The van der Waals surface area contributed by atoms with Gasteiger partial charge in [-0.05, 0) is 31.9 Å². The molecule has 0 N–H and O–H groups in total. The lowest BCUT2D eigenvalue weighted by Gasteiger charge is -2.35. The number of carbonyl (C=O) groups excluding carboxylic acids is 1. The zero-order valence-corrected chi connectivity index (χ0v) is 17.6. The van der Waals surface area contributed by atoms with Crippen molar-refractivity contribution in [3.63, 3.8) is 0 Å². The molecule has 0 radical (unpaired) electrons. The van der Waals surface area contributed by atoms with Crippen molar-refractivity contribution in [1.82, 2.24) is 25.0 Å². The van der Waals surface area contributed by atoms with Crippen molar-refractivity contribution in [2.24, 2.45) is 0 Å². The van der Waals surface area contributed by atoms with Crippen LogP contribution in [-0.4, -0.2) is 70.2 Å². The molecule has 0 unspecified atom stereocenters. The van der Waals surface area contributed by atoms with Crippen molar-refractivity contribution in [1.29, 1.82) is 0 Å². The second kappa shape index (κ2) is 8.33. The number of nitrogens with zero attached hydrogens (tertiary/aromatic N) is 7. The lowest BCUT2D eigenvalue weighted by atomic mass is 10.2. The Morgan fingerprint density at radius 3 is 2.35 bits per heavy atom. The number of amides is 1. The van der Waals surface area contributed by atoms with E-state index in [2.05, 4.69) is 36.0 Å². The van der Waals surface area contributed by atoms with Crippen molar-refractivity contribution < 1.29 is 9.32 Å². The highest BCUT2D eigenvalue weighted by Crippen LogP contribution is 2.24. The van der Waals surface area contributed by atoms with E-state index in [4.69, 9.17) is 4.52 Å². The highest BCUT2D eigenvalue weighted by Gasteiger charge is 2.26. The van der Waals surface area contributed by atoms with Gasteiger partial charge in [0.2, 0.25) is 0 Å². The number of aryl methyl sites for hydroxylation is 1. The Morgan fingerprint density at radius 1 is 0.968 bits per heavy atom. The third kappa shape index (κ3) is 4.08. The average molecular weight is 419 g/mol. The van der Waals surface area contributed by atoms with Crippen LogP contribution in [0.4, 0.5) is 11.6 Å². The first-order chi connectivity index (χ1) is 15.2. The first-order valence-corrected chi connectivity index (χ1v) is 10.7. The summed E-state index contributed by atoms with van der Waals surface area (Å²) < 4.78 is 5.36. The van der Waals surface area contributed by atoms with Crippen molar-refractivity contribution in [3.05, 3.63) is 48.2 Å². The van der Waals surface area contributed by atoms with Crippen molar-refractivity contribution >= 4 is 17.5 Å². The molecule has 3 aromatic heterocycles. The van der Waals surface area contributed by atoms with Gasteiger partial charge in [0.1, 0.15) is 17.5 Å². The third-order valence-electron chi connectivity index (χ3n) is 5.81. The van der Waals surface area contributed by atoms with Crippen LogP contribution in [0.1, 0.15) is 29.2 Å². The third-order valence-corrected chi connectivity index (χ3v) is 5.81. The Hall–Kier alpha value is -3.49. The quantitative estimate of drug-likeness (QED) is 0.637. The molecule has 0 saturated carbocycles. The molecule has 0 spiro atoms. The molecule has 2 aliphatic rings. The first kappa shape index (κ1) is 19.5. The summed E-state index contributed by atoms with van der Waals surface area (Å²) in [7, 11) is 0. The minimum Gasteiger partial charge on any atom is -0.356 e. The highest BCUT2D eigenvalue weighted by molar-refractivity contribution is 5.93.